The van der Waals surface area contributed by atoms with Gasteiger partial charge in [-0.15, -0.1) is 0 Å². The van der Waals surface area contributed by atoms with Crippen molar-refractivity contribution in [3.63, 3.8) is 0 Å². The summed E-state index contributed by atoms with van der Waals surface area (Å²) in [5.41, 5.74) is 1.15. The Morgan fingerprint density at radius 2 is 2.27 bits per heavy atom. The second kappa shape index (κ2) is 4.49. The van der Waals surface area contributed by atoms with E-state index in [1.165, 1.54) is 12.8 Å². The first-order valence-corrected chi connectivity index (χ1v) is 6.39. The van der Waals surface area contributed by atoms with Crippen molar-refractivity contribution in [1.29, 1.82) is 0 Å². The number of rotatable bonds is 5. The van der Waals surface area contributed by atoms with Gasteiger partial charge >= 0.3 is 0 Å². The molecule has 1 aliphatic carbocycles. The van der Waals surface area contributed by atoms with Crippen molar-refractivity contribution in [2.24, 2.45) is 0 Å². The predicted octanol–water partition coefficient (Wildman–Crippen LogP) is 2.36. The number of aliphatic hydroxyl groups excluding tert-OH is 1. The zero-order valence-corrected chi connectivity index (χ0v) is 10.2. The fourth-order valence-electron chi connectivity index (χ4n) is 1.73. The highest BCUT2D eigenvalue weighted by atomic mass is 32.1. The van der Waals surface area contributed by atoms with Gasteiger partial charge in [0.2, 0.25) is 0 Å². The summed E-state index contributed by atoms with van der Waals surface area (Å²) >= 11 is 1.64. The molecule has 1 aromatic rings. The molecular formula is C11H18N2OS. The average molecular weight is 226 g/mol. The first kappa shape index (κ1) is 10.9. The van der Waals surface area contributed by atoms with Gasteiger partial charge in [-0.25, -0.2) is 4.98 Å². The molecule has 0 radical (unpaired) electrons. The number of thiazole rings is 1. The van der Waals surface area contributed by atoms with Crippen LogP contribution >= 0.6 is 11.3 Å². The highest BCUT2D eigenvalue weighted by molar-refractivity contribution is 7.15. The van der Waals surface area contributed by atoms with Gasteiger partial charge < -0.3 is 10.0 Å². The van der Waals surface area contributed by atoms with E-state index in [1.54, 1.807) is 11.3 Å². The summed E-state index contributed by atoms with van der Waals surface area (Å²) in [6.07, 6.45) is 3.62. The molecule has 4 heteroatoms. The largest absolute Gasteiger partial charge is 0.391 e. The molecule has 0 bridgehead atoms. The molecule has 0 spiro atoms. The molecule has 0 atom stereocenters. The molecule has 1 heterocycles. The van der Waals surface area contributed by atoms with Crippen LogP contribution in [0.3, 0.4) is 0 Å². The quantitative estimate of drug-likeness (QED) is 0.837. The fraction of sp³-hybridized carbons (Fsp3) is 0.727. The standard InChI is InChI=1S/C11H18N2OS/c1-3-6-13(2)11-12-10(8-4-5-8)9(7-14)15-11/h8,14H,3-7H2,1-2H3. The summed E-state index contributed by atoms with van der Waals surface area (Å²) in [6.45, 7) is 3.34. The van der Waals surface area contributed by atoms with Crippen molar-refractivity contribution >= 4 is 16.5 Å². The minimum absolute atomic E-state index is 0.142. The van der Waals surface area contributed by atoms with E-state index in [4.69, 9.17) is 0 Å². The third kappa shape index (κ3) is 2.32. The van der Waals surface area contributed by atoms with E-state index >= 15 is 0 Å². The van der Waals surface area contributed by atoms with Gasteiger partial charge in [0.1, 0.15) is 0 Å². The van der Waals surface area contributed by atoms with Crippen molar-refractivity contribution in [2.75, 3.05) is 18.5 Å². The minimum Gasteiger partial charge on any atom is -0.391 e. The molecule has 3 nitrogen and oxygen atoms in total. The monoisotopic (exact) mass is 226 g/mol. The van der Waals surface area contributed by atoms with Gasteiger partial charge in [-0.05, 0) is 19.3 Å². The first-order chi connectivity index (χ1) is 7.26. The van der Waals surface area contributed by atoms with E-state index < -0.39 is 0 Å². The van der Waals surface area contributed by atoms with Gasteiger partial charge in [-0.2, -0.15) is 0 Å². The molecule has 2 rings (SSSR count). The van der Waals surface area contributed by atoms with E-state index in [2.05, 4.69) is 23.9 Å². The van der Waals surface area contributed by atoms with Crippen LogP contribution in [-0.2, 0) is 6.61 Å². The van der Waals surface area contributed by atoms with Crippen molar-refractivity contribution in [3.8, 4) is 0 Å². The van der Waals surface area contributed by atoms with E-state index in [9.17, 15) is 5.11 Å². The van der Waals surface area contributed by atoms with Crippen LogP contribution in [-0.4, -0.2) is 23.7 Å². The number of anilines is 1. The van der Waals surface area contributed by atoms with Crippen LogP contribution in [0.2, 0.25) is 0 Å². The average Bonchev–Trinajstić information content (AvgIpc) is 2.98. The minimum atomic E-state index is 0.142. The van der Waals surface area contributed by atoms with Crippen LogP contribution in [0.1, 0.15) is 42.7 Å². The van der Waals surface area contributed by atoms with Crippen LogP contribution in [0.4, 0.5) is 5.13 Å². The Kier molecular flexibility index (Phi) is 3.26. The first-order valence-electron chi connectivity index (χ1n) is 5.57. The Hall–Kier alpha value is -0.610. The van der Waals surface area contributed by atoms with Gasteiger partial charge in [0.15, 0.2) is 5.13 Å². The maximum absolute atomic E-state index is 9.27. The molecule has 1 fully saturated rings. The molecule has 0 amide bonds. The van der Waals surface area contributed by atoms with Crippen LogP contribution in [0.15, 0.2) is 0 Å². The van der Waals surface area contributed by atoms with Crippen LogP contribution in [0.5, 0.6) is 0 Å². The summed E-state index contributed by atoms with van der Waals surface area (Å²) in [6, 6.07) is 0. The Bertz CT molecular complexity index is 333. The predicted molar refractivity (Wildman–Crippen MR) is 63.6 cm³/mol. The Balaban J connectivity index is 2.17. The number of nitrogens with zero attached hydrogens (tertiary/aromatic N) is 2. The molecule has 1 aromatic heterocycles. The molecular weight excluding hydrogens is 208 g/mol. The number of hydrogen-bond acceptors (Lipinski definition) is 4. The lowest BCUT2D eigenvalue weighted by Crippen LogP contribution is -2.17. The highest BCUT2D eigenvalue weighted by Crippen LogP contribution is 2.44. The molecule has 1 N–H and O–H groups in total. The molecule has 1 aliphatic rings. The number of hydrogen-bond donors (Lipinski definition) is 1. The smallest absolute Gasteiger partial charge is 0.185 e. The topological polar surface area (TPSA) is 36.4 Å². The molecule has 0 saturated heterocycles. The van der Waals surface area contributed by atoms with E-state index in [0.717, 1.165) is 28.7 Å². The third-order valence-corrected chi connectivity index (χ3v) is 3.88. The zero-order valence-electron chi connectivity index (χ0n) is 9.36. The molecule has 1 saturated carbocycles. The number of aromatic nitrogens is 1. The summed E-state index contributed by atoms with van der Waals surface area (Å²) in [5.74, 6) is 0.632. The summed E-state index contributed by atoms with van der Waals surface area (Å²) < 4.78 is 0. The maximum Gasteiger partial charge on any atom is 0.185 e. The second-order valence-electron chi connectivity index (χ2n) is 4.16. The maximum atomic E-state index is 9.27. The van der Waals surface area contributed by atoms with Crippen molar-refractivity contribution in [1.82, 2.24) is 4.98 Å². The molecule has 84 valence electrons. The molecule has 0 unspecified atom stereocenters. The van der Waals surface area contributed by atoms with Crippen molar-refractivity contribution in [2.45, 2.75) is 38.7 Å². The summed E-state index contributed by atoms with van der Waals surface area (Å²) in [4.78, 5) is 7.89. The molecule has 15 heavy (non-hydrogen) atoms. The van der Waals surface area contributed by atoms with E-state index in [1.807, 2.05) is 0 Å². The van der Waals surface area contributed by atoms with Gasteiger partial charge in [-0.1, -0.05) is 18.3 Å². The third-order valence-electron chi connectivity index (χ3n) is 2.71. The van der Waals surface area contributed by atoms with E-state index in [0.29, 0.717) is 5.92 Å². The van der Waals surface area contributed by atoms with Crippen molar-refractivity contribution < 1.29 is 5.11 Å². The van der Waals surface area contributed by atoms with Crippen LogP contribution in [0.25, 0.3) is 0 Å². The van der Waals surface area contributed by atoms with Gasteiger partial charge in [0, 0.05) is 19.5 Å². The Labute approximate surface area is 94.8 Å². The van der Waals surface area contributed by atoms with Gasteiger partial charge in [0.25, 0.3) is 0 Å². The lowest BCUT2D eigenvalue weighted by Gasteiger charge is -2.13. The van der Waals surface area contributed by atoms with Gasteiger partial charge in [0.05, 0.1) is 17.2 Å². The normalized spacial score (nSPS) is 15.7. The van der Waals surface area contributed by atoms with E-state index in [-0.39, 0.29) is 6.61 Å². The highest BCUT2D eigenvalue weighted by Gasteiger charge is 2.29. The van der Waals surface area contributed by atoms with Crippen LogP contribution in [0, 0.1) is 0 Å². The molecule has 0 aromatic carbocycles. The second-order valence-corrected chi connectivity index (χ2v) is 5.22. The Morgan fingerprint density at radius 1 is 1.53 bits per heavy atom. The lowest BCUT2D eigenvalue weighted by atomic mass is 10.2. The fourth-order valence-corrected chi connectivity index (χ4v) is 2.73. The lowest BCUT2D eigenvalue weighted by molar-refractivity contribution is 0.284. The summed E-state index contributed by atoms with van der Waals surface area (Å²) in [7, 11) is 2.07. The van der Waals surface area contributed by atoms with Gasteiger partial charge in [-0.3, -0.25) is 0 Å². The zero-order chi connectivity index (χ0) is 10.8. The number of aliphatic hydroxyl groups is 1. The summed E-state index contributed by atoms with van der Waals surface area (Å²) in [5, 5.41) is 10.3. The SMILES string of the molecule is CCCN(C)c1nc(C2CC2)c(CO)s1. The van der Waals surface area contributed by atoms with Crippen molar-refractivity contribution in [3.05, 3.63) is 10.6 Å². The molecule has 0 aliphatic heterocycles. The van der Waals surface area contributed by atoms with Crippen LogP contribution < -0.4 is 4.90 Å². The Morgan fingerprint density at radius 3 is 2.80 bits per heavy atom.